The first-order valence-electron chi connectivity index (χ1n) is 14.4. The maximum atomic E-state index is 11.1. The van der Waals surface area contributed by atoms with Gasteiger partial charge in [-0.2, -0.15) is 0 Å². The van der Waals surface area contributed by atoms with Crippen LogP contribution in [-0.2, 0) is 9.59 Å². The zero-order chi connectivity index (χ0) is 34.2. The number of nitro benzene ring substituents is 1. The number of ether oxygens (including phenoxy) is 2. The first-order chi connectivity index (χ1) is 21.5. The molecule has 12 nitrogen and oxygen atoms in total. The molecular weight excluding hydrogens is 576 g/mol. The summed E-state index contributed by atoms with van der Waals surface area (Å²) >= 11 is 0. The van der Waals surface area contributed by atoms with Crippen LogP contribution in [0.1, 0.15) is 45.6 Å². The molecular formula is C33H48N6O6. The molecule has 6 N–H and O–H groups in total. The van der Waals surface area contributed by atoms with Crippen molar-refractivity contribution in [3.63, 3.8) is 0 Å². The molecule has 0 bridgehead atoms. The molecule has 0 fully saturated rings. The summed E-state index contributed by atoms with van der Waals surface area (Å²) in [4.78, 5) is 32.2. The van der Waals surface area contributed by atoms with Crippen molar-refractivity contribution in [2.75, 3.05) is 50.1 Å². The number of nitrogens with zero attached hydrogens (tertiary/aromatic N) is 2. The number of nitrogen functional groups attached to an aromatic ring is 2. The highest BCUT2D eigenvalue weighted by atomic mass is 16.6. The molecule has 45 heavy (non-hydrogen) atoms. The van der Waals surface area contributed by atoms with E-state index in [0.717, 1.165) is 30.8 Å². The van der Waals surface area contributed by atoms with E-state index in [-0.39, 0.29) is 11.6 Å². The number of nitrogens with two attached hydrogens (primary N) is 2. The molecule has 12 heteroatoms. The number of rotatable bonds is 11. The normalized spacial score (nSPS) is 9.58. The van der Waals surface area contributed by atoms with Gasteiger partial charge in [0.05, 0.1) is 36.2 Å². The first-order valence-corrected chi connectivity index (χ1v) is 14.4. The Bertz CT molecular complexity index is 1310. The van der Waals surface area contributed by atoms with E-state index >= 15 is 0 Å². The van der Waals surface area contributed by atoms with Crippen LogP contribution in [0, 0.1) is 17.0 Å². The molecule has 0 atom stereocenters. The number of methoxy groups -OCH3 is 2. The van der Waals surface area contributed by atoms with Gasteiger partial charge in [-0.1, -0.05) is 51.3 Å². The number of amides is 1. The summed E-state index contributed by atoms with van der Waals surface area (Å²) in [5.41, 5.74) is 21.4. The number of non-ortho nitro benzene ring substituents is 1. The Morgan fingerprint density at radius 1 is 0.956 bits per heavy atom. The van der Waals surface area contributed by atoms with Crippen LogP contribution in [0.3, 0.4) is 0 Å². The fraction of sp³-hybridized carbons (Fsp3) is 0.333. The third-order valence-corrected chi connectivity index (χ3v) is 5.59. The predicted octanol–water partition coefficient (Wildman–Crippen LogP) is 6.63. The van der Waals surface area contributed by atoms with Crippen molar-refractivity contribution < 1.29 is 24.0 Å². The molecule has 1 amide bonds. The van der Waals surface area contributed by atoms with Gasteiger partial charge in [0, 0.05) is 49.6 Å². The number of carbonyl (C=O) groups is 2. The van der Waals surface area contributed by atoms with Crippen LogP contribution < -0.4 is 31.8 Å². The fourth-order valence-corrected chi connectivity index (χ4v) is 3.15. The van der Waals surface area contributed by atoms with E-state index < -0.39 is 4.92 Å². The van der Waals surface area contributed by atoms with Crippen LogP contribution in [0.4, 0.5) is 28.4 Å². The molecule has 0 saturated carbocycles. The number of aldehydes is 1. The summed E-state index contributed by atoms with van der Waals surface area (Å²) in [7, 11) is 4.90. The smallest absolute Gasteiger partial charge is 0.269 e. The lowest BCUT2D eigenvalue weighted by atomic mass is 10.2. The van der Waals surface area contributed by atoms with E-state index in [0.29, 0.717) is 29.2 Å². The summed E-state index contributed by atoms with van der Waals surface area (Å²) in [6.45, 7) is 9.11. The van der Waals surface area contributed by atoms with Gasteiger partial charge < -0.3 is 31.3 Å². The fourth-order valence-electron chi connectivity index (χ4n) is 3.15. The maximum absolute atomic E-state index is 11.1. The highest BCUT2D eigenvalue weighted by Gasteiger charge is 2.09. The predicted molar refractivity (Wildman–Crippen MR) is 184 cm³/mol. The van der Waals surface area contributed by atoms with Crippen molar-refractivity contribution in [2.24, 2.45) is 0 Å². The topological polar surface area (TPSA) is 175 Å². The van der Waals surface area contributed by atoms with Crippen molar-refractivity contribution in [1.82, 2.24) is 4.90 Å². The minimum atomic E-state index is -0.459. The van der Waals surface area contributed by atoms with Crippen LogP contribution in [0.2, 0.25) is 0 Å². The lowest BCUT2D eigenvalue weighted by molar-refractivity contribution is -0.384. The van der Waals surface area contributed by atoms with Gasteiger partial charge in [0.15, 0.2) is 0 Å². The van der Waals surface area contributed by atoms with Crippen LogP contribution >= 0.6 is 0 Å². The SMILES string of the molecule is CCC.CCCCN(C)C(=O)/C=C\C=O.COc1cc(NNc2ccc(C)cc2)c(OC)cc1N.Nc1ccc([N+](=O)[O-])cc1. The van der Waals surface area contributed by atoms with E-state index in [2.05, 4.69) is 31.6 Å². The highest BCUT2D eigenvalue weighted by molar-refractivity contribution is 5.90. The van der Waals surface area contributed by atoms with Crippen molar-refractivity contribution in [3.8, 4) is 11.5 Å². The van der Waals surface area contributed by atoms with Crippen LogP contribution in [0.5, 0.6) is 11.5 Å². The summed E-state index contributed by atoms with van der Waals surface area (Å²) in [5.74, 6) is 1.12. The molecule has 0 aromatic heterocycles. The number of hydrogen-bond donors (Lipinski definition) is 4. The number of allylic oxidation sites excluding steroid dienone is 1. The molecule has 0 heterocycles. The van der Waals surface area contributed by atoms with Crippen molar-refractivity contribution in [1.29, 1.82) is 0 Å². The molecule has 3 aromatic carbocycles. The van der Waals surface area contributed by atoms with E-state index in [4.69, 9.17) is 20.9 Å². The van der Waals surface area contributed by atoms with E-state index in [9.17, 15) is 19.7 Å². The van der Waals surface area contributed by atoms with Gasteiger partial charge in [-0.25, -0.2) is 0 Å². The van der Waals surface area contributed by atoms with Gasteiger partial charge in [-0.05, 0) is 43.7 Å². The number of carbonyl (C=O) groups excluding carboxylic acids is 2. The molecule has 0 aliphatic heterocycles. The average Bonchev–Trinajstić information content (AvgIpc) is 3.03. The molecule has 3 aromatic rings. The Kier molecular flexibility index (Phi) is 20.5. The van der Waals surface area contributed by atoms with E-state index in [1.54, 1.807) is 38.3 Å². The standard InChI is InChI=1S/C15H19N3O2.C9H15NO2.C6H6N2O2.C3H8/c1-10-4-6-11(7-5-10)17-18-13-9-14(19-2)12(16)8-15(13)20-3;1-3-4-7-10(2)9(12)6-5-8-11;7-5-1-3-6(4-2-5)8(9)10;1-3-2/h4-9,17-18H,16H2,1-3H3;5-6,8H,3-4,7H2,1-2H3;1-4H,7H2;3H2,1-2H3/b;6-5-;;. The van der Waals surface area contributed by atoms with Crippen molar-refractivity contribution >= 4 is 40.6 Å². The zero-order valence-electron chi connectivity index (χ0n) is 27.3. The van der Waals surface area contributed by atoms with Crippen LogP contribution in [0.25, 0.3) is 0 Å². The Balaban J connectivity index is 0.000000663. The quantitative estimate of drug-likeness (QED) is 0.0596. The molecule has 0 aliphatic rings. The molecule has 246 valence electrons. The number of likely N-dealkylation sites (N-methyl/N-ethyl adjacent to an activating group) is 1. The van der Waals surface area contributed by atoms with Crippen LogP contribution in [0.15, 0.2) is 72.8 Å². The van der Waals surface area contributed by atoms with Gasteiger partial charge in [0.1, 0.15) is 17.8 Å². The highest BCUT2D eigenvalue weighted by Crippen LogP contribution is 2.34. The monoisotopic (exact) mass is 624 g/mol. The van der Waals surface area contributed by atoms with Crippen molar-refractivity contribution in [2.45, 2.75) is 47.0 Å². The number of nitrogens with one attached hydrogen (secondary N) is 2. The molecule has 0 aliphatic carbocycles. The number of benzene rings is 3. The zero-order valence-corrected chi connectivity index (χ0v) is 27.3. The first kappa shape index (κ1) is 39.7. The summed E-state index contributed by atoms with van der Waals surface area (Å²) in [5, 5.41) is 10.1. The summed E-state index contributed by atoms with van der Waals surface area (Å²) < 4.78 is 10.5. The Labute approximate surface area is 266 Å². The molecule has 0 radical (unpaired) electrons. The third-order valence-electron chi connectivity index (χ3n) is 5.59. The number of nitro groups is 1. The lowest BCUT2D eigenvalue weighted by Crippen LogP contribution is -2.25. The number of unbranched alkanes of at least 4 members (excludes halogenated alkanes) is 1. The largest absolute Gasteiger partial charge is 0.495 e. The van der Waals surface area contributed by atoms with Gasteiger partial charge >= 0.3 is 0 Å². The van der Waals surface area contributed by atoms with E-state index in [1.165, 1.54) is 48.4 Å². The van der Waals surface area contributed by atoms with Gasteiger partial charge in [-0.3, -0.25) is 25.1 Å². The Morgan fingerprint density at radius 2 is 1.53 bits per heavy atom. The van der Waals surface area contributed by atoms with Gasteiger partial charge in [0.25, 0.3) is 5.69 Å². The maximum Gasteiger partial charge on any atom is 0.269 e. The summed E-state index contributed by atoms with van der Waals surface area (Å²) in [6.07, 6.45) is 6.41. The number of hydrogen-bond acceptors (Lipinski definition) is 10. The molecule has 0 saturated heterocycles. The van der Waals surface area contributed by atoms with Gasteiger partial charge in [-0.15, -0.1) is 0 Å². The minimum Gasteiger partial charge on any atom is -0.495 e. The third kappa shape index (κ3) is 16.8. The molecule has 0 spiro atoms. The van der Waals surface area contributed by atoms with Crippen LogP contribution in [-0.4, -0.2) is 49.8 Å². The average molecular weight is 625 g/mol. The number of aryl methyl sites for hydroxylation is 1. The Morgan fingerprint density at radius 3 is 2.02 bits per heavy atom. The second-order valence-electron chi connectivity index (χ2n) is 9.57. The Hall–Kier alpha value is -5.26. The van der Waals surface area contributed by atoms with Gasteiger partial charge in [0.2, 0.25) is 5.91 Å². The number of hydrazine groups is 1. The van der Waals surface area contributed by atoms with E-state index in [1.807, 2.05) is 31.2 Å². The van der Waals surface area contributed by atoms with Crippen molar-refractivity contribution in [3.05, 3.63) is 88.5 Å². The molecule has 0 unspecified atom stereocenters. The second kappa shape index (κ2) is 23.2. The lowest BCUT2D eigenvalue weighted by Gasteiger charge is -2.15. The molecule has 3 rings (SSSR count). The minimum absolute atomic E-state index is 0.0641. The second-order valence-corrected chi connectivity index (χ2v) is 9.57. The number of anilines is 4. The summed E-state index contributed by atoms with van der Waals surface area (Å²) in [6, 6.07) is 17.3.